The van der Waals surface area contributed by atoms with Gasteiger partial charge in [-0.15, -0.1) is 0 Å². The Bertz CT molecular complexity index is 173. The highest BCUT2D eigenvalue weighted by Gasteiger charge is 2.32. The van der Waals surface area contributed by atoms with Crippen LogP contribution in [0, 0.1) is 5.92 Å². The van der Waals surface area contributed by atoms with Crippen LogP contribution in [0.1, 0.15) is 13.3 Å². The molecule has 2 N–H and O–H groups in total. The Morgan fingerprint density at radius 1 is 1.54 bits per heavy atom. The maximum atomic E-state index is 11.5. The Morgan fingerprint density at radius 3 is 2.92 bits per heavy atom. The summed E-state index contributed by atoms with van der Waals surface area (Å²) in [5.74, 6) is 0.0928. The molecule has 0 aromatic heterocycles. The Kier molecular flexibility index (Phi) is 4.18. The van der Waals surface area contributed by atoms with Gasteiger partial charge in [0, 0.05) is 12.6 Å². The first-order chi connectivity index (χ1) is 6.29. The largest absolute Gasteiger partial charge is 0.379 e. The lowest BCUT2D eigenvalue weighted by Crippen LogP contribution is -2.42. The maximum absolute atomic E-state index is 11.5. The van der Waals surface area contributed by atoms with E-state index < -0.39 is 0 Å². The molecule has 4 heteroatoms. The van der Waals surface area contributed by atoms with E-state index in [0.29, 0.717) is 13.2 Å². The van der Waals surface area contributed by atoms with Crippen LogP contribution in [0.4, 0.5) is 0 Å². The van der Waals surface area contributed by atoms with Gasteiger partial charge in [0.2, 0.25) is 5.91 Å². The number of carbonyl (C=O) groups excluding carboxylic acids is 1. The Balaban J connectivity index is 2.36. The normalized spacial score (nSPS) is 27.5. The van der Waals surface area contributed by atoms with Crippen LogP contribution in [0.3, 0.4) is 0 Å². The lowest BCUT2D eigenvalue weighted by atomic mass is 10.0. The monoisotopic (exact) mass is 186 g/mol. The van der Waals surface area contributed by atoms with Crippen LogP contribution < -0.4 is 10.6 Å². The van der Waals surface area contributed by atoms with E-state index in [0.717, 1.165) is 13.0 Å². The van der Waals surface area contributed by atoms with E-state index in [1.165, 1.54) is 0 Å². The average Bonchev–Trinajstić information content (AvgIpc) is 2.61. The summed E-state index contributed by atoms with van der Waals surface area (Å²) in [6.07, 6.45) is 0.976. The topological polar surface area (TPSA) is 50.4 Å². The van der Waals surface area contributed by atoms with E-state index in [9.17, 15) is 4.79 Å². The molecule has 0 aromatic carbocycles. The summed E-state index contributed by atoms with van der Waals surface area (Å²) in [7, 11) is 1.86. The summed E-state index contributed by atoms with van der Waals surface area (Å²) in [6.45, 7) is 3.98. The Morgan fingerprint density at radius 2 is 2.31 bits per heavy atom. The van der Waals surface area contributed by atoms with Crippen molar-refractivity contribution in [3.8, 4) is 0 Å². The van der Waals surface area contributed by atoms with Crippen LogP contribution in [0.2, 0.25) is 0 Å². The first-order valence-electron chi connectivity index (χ1n) is 4.82. The van der Waals surface area contributed by atoms with Gasteiger partial charge in [0.1, 0.15) is 0 Å². The van der Waals surface area contributed by atoms with Gasteiger partial charge in [-0.25, -0.2) is 0 Å². The molecule has 0 spiro atoms. The number of rotatable bonds is 4. The number of nitrogens with one attached hydrogen (secondary N) is 2. The molecule has 76 valence electrons. The van der Waals surface area contributed by atoms with Gasteiger partial charge in [-0.2, -0.15) is 0 Å². The molecule has 2 atom stereocenters. The van der Waals surface area contributed by atoms with Crippen molar-refractivity contribution in [3.05, 3.63) is 0 Å². The van der Waals surface area contributed by atoms with Crippen molar-refractivity contribution >= 4 is 5.91 Å². The molecule has 0 aromatic rings. The molecule has 1 rings (SSSR count). The summed E-state index contributed by atoms with van der Waals surface area (Å²) in [6, 6.07) is 0.178. The number of hydrogen-bond acceptors (Lipinski definition) is 3. The smallest absolute Gasteiger partial charge is 0.227 e. The third kappa shape index (κ3) is 2.67. The summed E-state index contributed by atoms with van der Waals surface area (Å²) >= 11 is 0. The molecule has 1 aliphatic heterocycles. The van der Waals surface area contributed by atoms with Gasteiger partial charge in [0.05, 0.1) is 19.1 Å². The molecule has 0 aliphatic carbocycles. The fourth-order valence-corrected chi connectivity index (χ4v) is 1.48. The van der Waals surface area contributed by atoms with E-state index in [1.54, 1.807) is 0 Å². The van der Waals surface area contributed by atoms with Gasteiger partial charge in [-0.1, -0.05) is 6.92 Å². The van der Waals surface area contributed by atoms with Gasteiger partial charge >= 0.3 is 0 Å². The van der Waals surface area contributed by atoms with Crippen molar-refractivity contribution in [3.63, 3.8) is 0 Å². The second kappa shape index (κ2) is 5.19. The number of carbonyl (C=O) groups is 1. The minimum Gasteiger partial charge on any atom is -0.379 e. The highest BCUT2D eigenvalue weighted by atomic mass is 16.5. The Labute approximate surface area is 79.0 Å². The molecule has 4 nitrogen and oxygen atoms in total. The SMILES string of the molecule is CCCNC(=O)C1COCC1NC. The molecular formula is C9H18N2O2. The molecule has 13 heavy (non-hydrogen) atoms. The quantitative estimate of drug-likeness (QED) is 0.636. The van der Waals surface area contributed by atoms with Crippen molar-refractivity contribution in [2.24, 2.45) is 5.92 Å². The highest BCUT2D eigenvalue weighted by Crippen LogP contribution is 2.13. The molecule has 1 fully saturated rings. The van der Waals surface area contributed by atoms with Crippen LogP contribution in [0.25, 0.3) is 0 Å². The average molecular weight is 186 g/mol. The molecule has 0 saturated carbocycles. The van der Waals surface area contributed by atoms with E-state index in [4.69, 9.17) is 4.74 Å². The lowest BCUT2D eigenvalue weighted by molar-refractivity contribution is -0.125. The minimum absolute atomic E-state index is 0.0171. The molecule has 1 heterocycles. The zero-order valence-electron chi connectivity index (χ0n) is 8.30. The summed E-state index contributed by atoms with van der Waals surface area (Å²) in [5.41, 5.74) is 0. The van der Waals surface area contributed by atoms with Crippen molar-refractivity contribution < 1.29 is 9.53 Å². The van der Waals surface area contributed by atoms with Crippen molar-refractivity contribution in [2.45, 2.75) is 19.4 Å². The van der Waals surface area contributed by atoms with Crippen molar-refractivity contribution in [1.29, 1.82) is 0 Å². The second-order valence-electron chi connectivity index (χ2n) is 3.33. The van der Waals surface area contributed by atoms with E-state index in [-0.39, 0.29) is 17.9 Å². The fraction of sp³-hybridized carbons (Fsp3) is 0.889. The zero-order valence-corrected chi connectivity index (χ0v) is 8.30. The van der Waals surface area contributed by atoms with E-state index >= 15 is 0 Å². The van der Waals surface area contributed by atoms with E-state index in [2.05, 4.69) is 10.6 Å². The predicted molar refractivity (Wildman–Crippen MR) is 50.5 cm³/mol. The van der Waals surface area contributed by atoms with Crippen LogP contribution >= 0.6 is 0 Å². The molecule has 1 saturated heterocycles. The Hall–Kier alpha value is -0.610. The van der Waals surface area contributed by atoms with Gasteiger partial charge in [0.25, 0.3) is 0 Å². The van der Waals surface area contributed by atoms with Gasteiger partial charge in [0.15, 0.2) is 0 Å². The van der Waals surface area contributed by atoms with Crippen LogP contribution in [0.5, 0.6) is 0 Å². The number of hydrogen-bond donors (Lipinski definition) is 2. The summed E-state index contributed by atoms with van der Waals surface area (Å²) in [5, 5.41) is 5.97. The molecule has 1 amide bonds. The highest BCUT2D eigenvalue weighted by molar-refractivity contribution is 5.79. The minimum atomic E-state index is -0.0171. The first kappa shape index (κ1) is 10.5. The van der Waals surface area contributed by atoms with Crippen LogP contribution in [0.15, 0.2) is 0 Å². The van der Waals surface area contributed by atoms with Gasteiger partial charge in [-0.05, 0) is 13.5 Å². The fourth-order valence-electron chi connectivity index (χ4n) is 1.48. The second-order valence-corrected chi connectivity index (χ2v) is 3.33. The first-order valence-corrected chi connectivity index (χ1v) is 4.82. The number of likely N-dealkylation sites (N-methyl/N-ethyl adjacent to an activating group) is 1. The molecule has 0 bridgehead atoms. The molecule has 1 aliphatic rings. The summed E-state index contributed by atoms with van der Waals surface area (Å²) in [4.78, 5) is 11.5. The zero-order chi connectivity index (χ0) is 9.68. The van der Waals surface area contributed by atoms with Crippen LogP contribution in [-0.4, -0.2) is 38.8 Å². The van der Waals surface area contributed by atoms with Crippen LogP contribution in [-0.2, 0) is 9.53 Å². The van der Waals surface area contributed by atoms with Gasteiger partial charge in [-0.3, -0.25) is 4.79 Å². The third-order valence-electron chi connectivity index (χ3n) is 2.34. The standard InChI is InChI=1S/C9H18N2O2/c1-3-4-11-9(12)7-5-13-6-8(7)10-2/h7-8,10H,3-6H2,1-2H3,(H,11,12). The van der Waals surface area contributed by atoms with Crippen molar-refractivity contribution in [1.82, 2.24) is 10.6 Å². The predicted octanol–water partition coefficient (Wildman–Crippen LogP) is -0.253. The third-order valence-corrected chi connectivity index (χ3v) is 2.34. The molecule has 2 unspecified atom stereocenters. The van der Waals surface area contributed by atoms with E-state index in [1.807, 2.05) is 14.0 Å². The van der Waals surface area contributed by atoms with Gasteiger partial charge < -0.3 is 15.4 Å². The molecular weight excluding hydrogens is 168 g/mol. The molecule has 0 radical (unpaired) electrons. The number of amides is 1. The summed E-state index contributed by atoms with van der Waals surface area (Å²) < 4.78 is 5.24. The van der Waals surface area contributed by atoms with Crippen molar-refractivity contribution in [2.75, 3.05) is 26.8 Å². The maximum Gasteiger partial charge on any atom is 0.227 e. The number of ether oxygens (including phenoxy) is 1. The lowest BCUT2D eigenvalue weighted by Gasteiger charge is -2.15.